The summed E-state index contributed by atoms with van der Waals surface area (Å²) in [4.78, 5) is 23.3. The molecular formula is C12H13ClN2O3S. The third kappa shape index (κ3) is 3.34. The van der Waals surface area contributed by atoms with Crippen LogP contribution in [0.15, 0.2) is 23.0 Å². The van der Waals surface area contributed by atoms with Crippen molar-refractivity contribution in [1.29, 1.82) is 0 Å². The molecule has 0 fully saturated rings. The number of aliphatic hydroxyl groups is 1. The summed E-state index contributed by atoms with van der Waals surface area (Å²) in [5, 5.41) is 12.2. The molecule has 0 aliphatic heterocycles. The summed E-state index contributed by atoms with van der Waals surface area (Å²) in [6, 6.07) is 5.13. The molecule has 5 nitrogen and oxygen atoms in total. The average molecular weight is 301 g/mol. The van der Waals surface area contributed by atoms with Crippen LogP contribution in [0.5, 0.6) is 0 Å². The Labute approximate surface area is 118 Å². The predicted molar refractivity (Wildman–Crippen MR) is 75.8 cm³/mol. The van der Waals surface area contributed by atoms with E-state index in [4.69, 9.17) is 16.7 Å². The van der Waals surface area contributed by atoms with Crippen LogP contribution in [-0.4, -0.2) is 28.2 Å². The van der Waals surface area contributed by atoms with E-state index in [1.807, 2.05) is 0 Å². The van der Waals surface area contributed by atoms with Crippen molar-refractivity contribution in [3.8, 4) is 0 Å². The summed E-state index contributed by atoms with van der Waals surface area (Å²) >= 11 is 6.97. The minimum Gasteiger partial charge on any atom is -0.392 e. The first kappa shape index (κ1) is 14.0. The van der Waals surface area contributed by atoms with Gasteiger partial charge in [0.15, 0.2) is 0 Å². The minimum absolute atomic E-state index is 0.0775. The topological polar surface area (TPSA) is 71.3 Å². The molecule has 19 heavy (non-hydrogen) atoms. The van der Waals surface area contributed by atoms with Gasteiger partial charge in [-0.1, -0.05) is 22.9 Å². The van der Waals surface area contributed by atoms with Crippen molar-refractivity contribution in [1.82, 2.24) is 9.88 Å². The number of carbonyl (C=O) groups is 1. The van der Waals surface area contributed by atoms with E-state index in [0.29, 0.717) is 10.5 Å². The van der Waals surface area contributed by atoms with Gasteiger partial charge in [-0.05, 0) is 25.1 Å². The van der Waals surface area contributed by atoms with Gasteiger partial charge in [0.2, 0.25) is 5.91 Å². The molecule has 1 atom stereocenters. The number of hydrogen-bond acceptors (Lipinski definition) is 4. The van der Waals surface area contributed by atoms with Crippen molar-refractivity contribution >= 4 is 39.1 Å². The van der Waals surface area contributed by atoms with E-state index in [9.17, 15) is 9.59 Å². The number of rotatable bonds is 4. The summed E-state index contributed by atoms with van der Waals surface area (Å²) in [5.74, 6) is -0.317. The summed E-state index contributed by atoms with van der Waals surface area (Å²) in [6.45, 7) is 1.66. The number of halogens is 1. The normalized spacial score (nSPS) is 12.6. The minimum atomic E-state index is -0.616. The lowest BCUT2D eigenvalue weighted by atomic mass is 10.3. The average Bonchev–Trinajstić information content (AvgIpc) is 2.63. The number of aromatic nitrogens is 1. The fourth-order valence-electron chi connectivity index (χ4n) is 1.65. The molecule has 102 valence electrons. The molecule has 0 saturated heterocycles. The number of fused-ring (bicyclic) bond motifs is 1. The Hall–Kier alpha value is -1.37. The quantitative estimate of drug-likeness (QED) is 0.891. The van der Waals surface area contributed by atoms with Gasteiger partial charge < -0.3 is 10.4 Å². The summed E-state index contributed by atoms with van der Waals surface area (Å²) < 4.78 is 2.17. The third-order valence-electron chi connectivity index (χ3n) is 2.53. The molecule has 0 aliphatic carbocycles. The number of aliphatic hydroxyl groups excluding tert-OH is 1. The number of thiazole rings is 1. The van der Waals surface area contributed by atoms with Gasteiger partial charge in [0, 0.05) is 11.6 Å². The summed E-state index contributed by atoms with van der Waals surface area (Å²) in [7, 11) is 0. The lowest BCUT2D eigenvalue weighted by Crippen LogP contribution is -2.34. The molecule has 1 aromatic carbocycles. The molecule has 2 N–H and O–H groups in total. The smallest absolute Gasteiger partial charge is 0.308 e. The molecule has 1 amide bonds. The van der Waals surface area contributed by atoms with Crippen LogP contribution >= 0.6 is 22.9 Å². The molecule has 0 radical (unpaired) electrons. The number of hydrogen-bond donors (Lipinski definition) is 2. The van der Waals surface area contributed by atoms with Crippen molar-refractivity contribution in [3.05, 3.63) is 32.9 Å². The van der Waals surface area contributed by atoms with Crippen molar-refractivity contribution < 1.29 is 9.90 Å². The largest absolute Gasteiger partial charge is 0.392 e. The van der Waals surface area contributed by atoms with E-state index < -0.39 is 6.10 Å². The van der Waals surface area contributed by atoms with E-state index in [0.717, 1.165) is 16.0 Å². The highest BCUT2D eigenvalue weighted by Gasteiger charge is 2.11. The maximum absolute atomic E-state index is 11.8. The second kappa shape index (κ2) is 5.73. The first-order valence-corrected chi connectivity index (χ1v) is 6.90. The molecule has 2 rings (SSSR count). The Morgan fingerprint density at radius 3 is 3.00 bits per heavy atom. The van der Waals surface area contributed by atoms with Gasteiger partial charge in [0.05, 0.1) is 16.3 Å². The number of benzene rings is 1. The monoisotopic (exact) mass is 300 g/mol. The Kier molecular flexibility index (Phi) is 4.24. The molecule has 2 aromatic rings. The Morgan fingerprint density at radius 1 is 1.58 bits per heavy atom. The molecule has 0 saturated carbocycles. The van der Waals surface area contributed by atoms with Crippen LogP contribution in [0.1, 0.15) is 6.92 Å². The third-order valence-corrected chi connectivity index (χ3v) is 3.72. The number of nitrogens with one attached hydrogen (secondary N) is 1. The van der Waals surface area contributed by atoms with Gasteiger partial charge in [0.1, 0.15) is 6.54 Å². The van der Waals surface area contributed by atoms with Crippen LogP contribution in [0.25, 0.3) is 10.2 Å². The molecule has 0 aliphatic rings. The van der Waals surface area contributed by atoms with E-state index >= 15 is 0 Å². The van der Waals surface area contributed by atoms with Crippen LogP contribution in [0, 0.1) is 0 Å². The lowest BCUT2D eigenvalue weighted by molar-refractivity contribution is -0.122. The highest BCUT2D eigenvalue weighted by atomic mass is 35.5. The molecule has 1 heterocycles. The lowest BCUT2D eigenvalue weighted by Gasteiger charge is -2.08. The fraction of sp³-hybridized carbons (Fsp3) is 0.333. The van der Waals surface area contributed by atoms with Crippen molar-refractivity contribution in [2.75, 3.05) is 6.54 Å². The van der Waals surface area contributed by atoms with Gasteiger partial charge >= 0.3 is 4.87 Å². The van der Waals surface area contributed by atoms with Crippen molar-refractivity contribution in [3.63, 3.8) is 0 Å². The zero-order valence-electron chi connectivity index (χ0n) is 10.2. The summed E-state index contributed by atoms with van der Waals surface area (Å²) in [5.41, 5.74) is 0.648. The highest BCUT2D eigenvalue weighted by molar-refractivity contribution is 7.16. The van der Waals surface area contributed by atoms with Crippen LogP contribution in [0.4, 0.5) is 0 Å². The van der Waals surface area contributed by atoms with Crippen LogP contribution < -0.4 is 10.2 Å². The van der Waals surface area contributed by atoms with E-state index in [1.54, 1.807) is 25.1 Å². The van der Waals surface area contributed by atoms with E-state index in [2.05, 4.69) is 5.32 Å². The highest BCUT2D eigenvalue weighted by Crippen LogP contribution is 2.21. The molecule has 1 unspecified atom stereocenters. The number of nitrogens with zero attached hydrogens (tertiary/aromatic N) is 1. The van der Waals surface area contributed by atoms with Gasteiger partial charge in [-0.25, -0.2) is 0 Å². The first-order valence-electron chi connectivity index (χ1n) is 5.71. The zero-order valence-corrected chi connectivity index (χ0v) is 11.8. The second-order valence-corrected chi connectivity index (χ2v) is 5.65. The van der Waals surface area contributed by atoms with Crippen LogP contribution in [0.3, 0.4) is 0 Å². The van der Waals surface area contributed by atoms with Gasteiger partial charge in [0.25, 0.3) is 0 Å². The second-order valence-electron chi connectivity index (χ2n) is 4.22. The van der Waals surface area contributed by atoms with Gasteiger partial charge in [-0.3, -0.25) is 14.2 Å². The molecule has 7 heteroatoms. The van der Waals surface area contributed by atoms with Crippen molar-refractivity contribution in [2.45, 2.75) is 19.6 Å². The molecule has 0 bridgehead atoms. The van der Waals surface area contributed by atoms with Crippen LogP contribution in [0.2, 0.25) is 5.02 Å². The Morgan fingerprint density at radius 2 is 2.32 bits per heavy atom. The van der Waals surface area contributed by atoms with E-state index in [-0.39, 0.29) is 23.9 Å². The first-order chi connectivity index (χ1) is 8.97. The number of amides is 1. The van der Waals surface area contributed by atoms with Crippen LogP contribution in [-0.2, 0) is 11.3 Å². The zero-order chi connectivity index (χ0) is 14.0. The Bertz CT molecular complexity index is 663. The van der Waals surface area contributed by atoms with Gasteiger partial charge in [-0.15, -0.1) is 0 Å². The van der Waals surface area contributed by atoms with Gasteiger partial charge in [-0.2, -0.15) is 0 Å². The fourth-order valence-corrected chi connectivity index (χ4v) is 2.68. The van der Waals surface area contributed by atoms with Crippen molar-refractivity contribution in [2.24, 2.45) is 0 Å². The maximum atomic E-state index is 11.8. The molecule has 1 aromatic heterocycles. The SMILES string of the molecule is CC(O)CNC(=O)Cn1c(=O)sc2ccc(Cl)cc21. The maximum Gasteiger partial charge on any atom is 0.308 e. The number of carbonyl (C=O) groups excluding carboxylic acids is 1. The molecule has 0 spiro atoms. The predicted octanol–water partition coefficient (Wildman–Crippen LogP) is 1.21. The molecular weight excluding hydrogens is 288 g/mol. The van der Waals surface area contributed by atoms with E-state index in [1.165, 1.54) is 4.57 Å². The summed E-state index contributed by atoms with van der Waals surface area (Å²) in [6.07, 6.45) is -0.616. The Balaban J connectivity index is 2.25. The standard InChI is InChI=1S/C12H13ClN2O3S/c1-7(16)5-14-11(17)6-15-9-4-8(13)2-3-10(9)19-12(15)18/h2-4,7,16H,5-6H2,1H3,(H,14,17).